The number of benzene rings is 1. The molecule has 0 saturated heterocycles. The largest absolute Gasteiger partial charge is 0.396 e. The van der Waals surface area contributed by atoms with Gasteiger partial charge in [0.2, 0.25) is 0 Å². The molecule has 1 amide bonds. The van der Waals surface area contributed by atoms with Crippen LogP contribution in [0.5, 0.6) is 0 Å². The van der Waals surface area contributed by atoms with Gasteiger partial charge in [-0.1, -0.05) is 17.7 Å². The van der Waals surface area contributed by atoms with E-state index in [9.17, 15) is 9.18 Å². The SMILES string of the molecule is CCn1cc(N)c(C(=O)Nc2cccc(Cl)c2F)n1. The molecule has 1 heterocycles. The van der Waals surface area contributed by atoms with Gasteiger partial charge in [0.05, 0.1) is 16.4 Å². The minimum atomic E-state index is -0.689. The molecule has 0 saturated carbocycles. The predicted molar refractivity (Wildman–Crippen MR) is 71.7 cm³/mol. The van der Waals surface area contributed by atoms with E-state index in [0.717, 1.165) is 0 Å². The Morgan fingerprint density at radius 2 is 2.32 bits per heavy atom. The van der Waals surface area contributed by atoms with Gasteiger partial charge < -0.3 is 11.1 Å². The van der Waals surface area contributed by atoms with Crippen molar-refractivity contribution in [3.05, 3.63) is 40.9 Å². The van der Waals surface area contributed by atoms with E-state index < -0.39 is 11.7 Å². The summed E-state index contributed by atoms with van der Waals surface area (Å²) in [7, 11) is 0. The number of hydrogen-bond donors (Lipinski definition) is 2. The zero-order chi connectivity index (χ0) is 14.0. The molecule has 0 unspecified atom stereocenters. The highest BCUT2D eigenvalue weighted by Gasteiger charge is 2.17. The summed E-state index contributed by atoms with van der Waals surface area (Å²) in [6.07, 6.45) is 1.54. The van der Waals surface area contributed by atoms with Crippen molar-refractivity contribution >= 4 is 28.9 Å². The normalized spacial score (nSPS) is 10.5. The third-order valence-electron chi connectivity index (χ3n) is 2.53. The van der Waals surface area contributed by atoms with Crippen LogP contribution < -0.4 is 11.1 Å². The third-order valence-corrected chi connectivity index (χ3v) is 2.82. The minimum absolute atomic E-state index is 0.0112. The highest BCUT2D eigenvalue weighted by molar-refractivity contribution is 6.31. The fourth-order valence-corrected chi connectivity index (χ4v) is 1.73. The molecule has 1 aromatic carbocycles. The van der Waals surface area contributed by atoms with Crippen molar-refractivity contribution in [2.45, 2.75) is 13.5 Å². The van der Waals surface area contributed by atoms with Crippen LogP contribution in [0.25, 0.3) is 0 Å². The Balaban J connectivity index is 2.25. The quantitative estimate of drug-likeness (QED) is 0.908. The number of carbonyl (C=O) groups is 1. The second-order valence-electron chi connectivity index (χ2n) is 3.84. The number of amides is 1. The van der Waals surface area contributed by atoms with Crippen molar-refractivity contribution in [3.8, 4) is 0 Å². The molecule has 7 heteroatoms. The molecular weight excluding hydrogens is 271 g/mol. The van der Waals surface area contributed by atoms with E-state index in [2.05, 4.69) is 10.4 Å². The van der Waals surface area contributed by atoms with Crippen molar-refractivity contribution in [2.75, 3.05) is 11.1 Å². The second kappa shape index (κ2) is 5.27. The van der Waals surface area contributed by atoms with Gasteiger partial charge in [0.15, 0.2) is 11.5 Å². The van der Waals surface area contributed by atoms with E-state index >= 15 is 0 Å². The van der Waals surface area contributed by atoms with Crippen LogP contribution in [0.3, 0.4) is 0 Å². The van der Waals surface area contributed by atoms with Gasteiger partial charge in [0.25, 0.3) is 5.91 Å². The maximum Gasteiger partial charge on any atom is 0.278 e. The van der Waals surface area contributed by atoms with Crippen LogP contribution >= 0.6 is 11.6 Å². The zero-order valence-corrected chi connectivity index (χ0v) is 10.9. The maximum atomic E-state index is 13.6. The lowest BCUT2D eigenvalue weighted by Crippen LogP contribution is -2.15. The molecule has 2 rings (SSSR count). The van der Waals surface area contributed by atoms with Gasteiger partial charge in [0, 0.05) is 12.7 Å². The molecule has 0 aliphatic heterocycles. The number of nitrogens with one attached hydrogen (secondary N) is 1. The lowest BCUT2D eigenvalue weighted by atomic mass is 10.3. The lowest BCUT2D eigenvalue weighted by Gasteiger charge is -2.05. The summed E-state index contributed by atoms with van der Waals surface area (Å²) >= 11 is 5.63. The summed E-state index contributed by atoms with van der Waals surface area (Å²) in [5.74, 6) is -1.27. The second-order valence-corrected chi connectivity index (χ2v) is 4.25. The van der Waals surface area contributed by atoms with Crippen LogP contribution in [-0.4, -0.2) is 15.7 Å². The molecule has 5 nitrogen and oxygen atoms in total. The average molecular weight is 283 g/mol. The number of halogens is 2. The Bertz CT molecular complexity index is 626. The van der Waals surface area contributed by atoms with E-state index in [0.29, 0.717) is 6.54 Å². The summed E-state index contributed by atoms with van der Waals surface area (Å²) < 4.78 is 15.2. The number of aromatic nitrogens is 2. The monoisotopic (exact) mass is 282 g/mol. The number of rotatable bonds is 3. The molecule has 3 N–H and O–H groups in total. The van der Waals surface area contributed by atoms with Gasteiger partial charge in [-0.15, -0.1) is 0 Å². The number of hydrogen-bond acceptors (Lipinski definition) is 3. The first-order chi connectivity index (χ1) is 9.02. The number of carbonyl (C=O) groups excluding carboxylic acids is 1. The summed E-state index contributed by atoms with van der Waals surface area (Å²) in [6, 6.07) is 4.34. The van der Waals surface area contributed by atoms with E-state index in [1.807, 2.05) is 6.92 Å². The minimum Gasteiger partial charge on any atom is -0.396 e. The van der Waals surface area contributed by atoms with E-state index in [4.69, 9.17) is 17.3 Å². The molecule has 0 bridgehead atoms. The fraction of sp³-hybridized carbons (Fsp3) is 0.167. The van der Waals surface area contributed by atoms with Gasteiger partial charge in [-0.05, 0) is 19.1 Å². The number of nitrogens with zero attached hydrogens (tertiary/aromatic N) is 2. The van der Waals surface area contributed by atoms with Crippen molar-refractivity contribution in [2.24, 2.45) is 0 Å². The van der Waals surface area contributed by atoms with Gasteiger partial charge in [-0.2, -0.15) is 5.10 Å². The Morgan fingerprint density at radius 1 is 1.58 bits per heavy atom. The van der Waals surface area contributed by atoms with Gasteiger partial charge in [0.1, 0.15) is 0 Å². The number of nitrogens with two attached hydrogens (primary N) is 1. The van der Waals surface area contributed by atoms with Crippen LogP contribution in [0.4, 0.5) is 15.8 Å². The van der Waals surface area contributed by atoms with Gasteiger partial charge >= 0.3 is 0 Å². The lowest BCUT2D eigenvalue weighted by molar-refractivity contribution is 0.102. The Morgan fingerprint density at radius 3 is 2.95 bits per heavy atom. The number of aryl methyl sites for hydroxylation is 1. The van der Waals surface area contributed by atoms with Crippen LogP contribution in [0.1, 0.15) is 17.4 Å². The first kappa shape index (κ1) is 13.4. The molecule has 0 aliphatic carbocycles. The maximum absolute atomic E-state index is 13.6. The highest BCUT2D eigenvalue weighted by Crippen LogP contribution is 2.23. The van der Waals surface area contributed by atoms with Crippen LogP contribution in [0.2, 0.25) is 5.02 Å². The molecule has 0 radical (unpaired) electrons. The molecule has 100 valence electrons. The molecular formula is C12H12ClFN4O. The highest BCUT2D eigenvalue weighted by atomic mass is 35.5. The first-order valence-corrected chi connectivity index (χ1v) is 5.99. The molecule has 19 heavy (non-hydrogen) atoms. The molecule has 0 atom stereocenters. The molecule has 1 aromatic heterocycles. The Labute approximate surface area is 114 Å². The Kier molecular flexibility index (Phi) is 3.71. The third kappa shape index (κ3) is 2.68. The van der Waals surface area contributed by atoms with E-state index in [-0.39, 0.29) is 22.1 Å². The summed E-state index contributed by atoms with van der Waals surface area (Å²) in [5.41, 5.74) is 5.96. The smallest absolute Gasteiger partial charge is 0.278 e. The summed E-state index contributed by atoms with van der Waals surface area (Å²) in [4.78, 5) is 12.0. The average Bonchev–Trinajstić information content (AvgIpc) is 2.76. The van der Waals surface area contributed by atoms with Crippen LogP contribution in [0.15, 0.2) is 24.4 Å². The zero-order valence-electron chi connectivity index (χ0n) is 10.2. The fourth-order valence-electron chi connectivity index (χ4n) is 1.56. The molecule has 0 fully saturated rings. The van der Waals surface area contributed by atoms with E-state index in [1.54, 1.807) is 6.20 Å². The predicted octanol–water partition coefficient (Wildman–Crippen LogP) is 2.53. The number of nitrogen functional groups attached to an aromatic ring is 1. The summed E-state index contributed by atoms with van der Waals surface area (Å²) in [6.45, 7) is 2.45. The standard InChI is InChI=1S/C12H12ClFN4O/c1-2-18-6-8(15)11(17-18)12(19)16-9-5-3-4-7(13)10(9)14/h3-6H,2,15H2,1H3,(H,16,19). The van der Waals surface area contributed by atoms with Crippen molar-refractivity contribution in [1.29, 1.82) is 0 Å². The van der Waals surface area contributed by atoms with Gasteiger partial charge in [-0.3, -0.25) is 9.48 Å². The first-order valence-electron chi connectivity index (χ1n) is 5.61. The summed E-state index contributed by atoms with van der Waals surface area (Å²) in [5, 5.41) is 6.33. The van der Waals surface area contributed by atoms with Crippen molar-refractivity contribution < 1.29 is 9.18 Å². The molecule has 2 aromatic rings. The van der Waals surface area contributed by atoms with E-state index in [1.165, 1.54) is 22.9 Å². The topological polar surface area (TPSA) is 72.9 Å². The molecule has 0 spiro atoms. The number of anilines is 2. The van der Waals surface area contributed by atoms with Crippen molar-refractivity contribution in [3.63, 3.8) is 0 Å². The Hall–Kier alpha value is -2.08. The van der Waals surface area contributed by atoms with Crippen molar-refractivity contribution in [1.82, 2.24) is 9.78 Å². The molecule has 0 aliphatic rings. The van der Waals surface area contributed by atoms with Crippen LogP contribution in [-0.2, 0) is 6.54 Å². The van der Waals surface area contributed by atoms with Gasteiger partial charge in [-0.25, -0.2) is 4.39 Å². The van der Waals surface area contributed by atoms with Crippen LogP contribution in [0, 0.1) is 5.82 Å².